The van der Waals surface area contributed by atoms with Crippen LogP contribution >= 0.6 is 0 Å². The number of ketones is 3. The van der Waals surface area contributed by atoms with Crippen molar-refractivity contribution in [2.45, 2.75) is 31.2 Å². The Hall–Kier alpha value is -2.13. The molecule has 0 saturated heterocycles. The van der Waals surface area contributed by atoms with Gasteiger partial charge < -0.3 is 25.5 Å². The van der Waals surface area contributed by atoms with Crippen molar-refractivity contribution in [3.8, 4) is 5.75 Å². The van der Waals surface area contributed by atoms with Gasteiger partial charge in [0.15, 0.2) is 0 Å². The smallest absolute Gasteiger partial charge is 0.266 e. The fourth-order valence-corrected chi connectivity index (χ4v) is 1.78. The number of phenolic OH excluding ortho intramolecular Hbond substituents is 1. The molecule has 0 spiro atoms. The summed E-state index contributed by atoms with van der Waals surface area (Å²) in [7, 11) is 0. The summed E-state index contributed by atoms with van der Waals surface area (Å²) < 4.78 is 0. The van der Waals surface area contributed by atoms with Gasteiger partial charge in [0, 0.05) is 6.42 Å². The number of phenols is 1. The van der Waals surface area contributed by atoms with Crippen molar-refractivity contribution < 1.29 is 39.9 Å². The maximum Gasteiger partial charge on any atom is 0.266 e. The predicted molar refractivity (Wildman–Crippen MR) is 76.6 cm³/mol. The molecule has 0 aromatic heterocycles. The van der Waals surface area contributed by atoms with E-state index in [4.69, 9.17) is 15.3 Å². The average molecular weight is 326 g/mol. The Kier molecular flexibility index (Phi) is 6.98. The molecular formula is C15H18O8. The van der Waals surface area contributed by atoms with E-state index in [1.807, 2.05) is 0 Å². The van der Waals surface area contributed by atoms with Crippen molar-refractivity contribution >= 4 is 17.3 Å². The van der Waals surface area contributed by atoms with E-state index in [0.717, 1.165) is 0 Å². The Morgan fingerprint density at radius 3 is 2.09 bits per heavy atom. The van der Waals surface area contributed by atoms with Crippen molar-refractivity contribution in [2.75, 3.05) is 6.61 Å². The molecule has 0 aliphatic heterocycles. The quantitative estimate of drug-likeness (QED) is 0.261. The number of carbonyl (C=O) groups excluding carboxylic acids is 3. The lowest BCUT2D eigenvalue weighted by atomic mass is 9.97. The Morgan fingerprint density at radius 2 is 1.57 bits per heavy atom. The number of aliphatic hydroxyl groups is 4. The number of carbonyl (C=O) groups is 3. The third-order valence-corrected chi connectivity index (χ3v) is 3.23. The molecule has 1 aromatic carbocycles. The molecule has 0 fully saturated rings. The second kappa shape index (κ2) is 8.49. The van der Waals surface area contributed by atoms with Gasteiger partial charge in [-0.1, -0.05) is 12.1 Å². The molecule has 23 heavy (non-hydrogen) atoms. The van der Waals surface area contributed by atoms with Gasteiger partial charge in [-0.3, -0.25) is 14.4 Å². The van der Waals surface area contributed by atoms with E-state index >= 15 is 0 Å². The minimum Gasteiger partial charge on any atom is -0.508 e. The minimum atomic E-state index is -2.29. The molecular weight excluding hydrogens is 308 g/mol. The zero-order valence-corrected chi connectivity index (χ0v) is 12.1. The topological polar surface area (TPSA) is 152 Å². The predicted octanol–water partition coefficient (Wildman–Crippen LogP) is -1.89. The van der Waals surface area contributed by atoms with Gasteiger partial charge in [-0.25, -0.2) is 0 Å². The van der Waals surface area contributed by atoms with Gasteiger partial charge in [0.25, 0.3) is 5.78 Å². The van der Waals surface area contributed by atoms with Crippen molar-refractivity contribution in [1.82, 2.24) is 0 Å². The highest BCUT2D eigenvalue weighted by Gasteiger charge is 2.36. The van der Waals surface area contributed by atoms with Crippen LogP contribution in [0.4, 0.5) is 0 Å². The van der Waals surface area contributed by atoms with Crippen LogP contribution in [0.2, 0.25) is 0 Å². The van der Waals surface area contributed by atoms with E-state index in [0.29, 0.717) is 5.56 Å². The fraction of sp³-hybridized carbons (Fsp3) is 0.400. The van der Waals surface area contributed by atoms with Gasteiger partial charge in [-0.2, -0.15) is 0 Å². The molecule has 0 amide bonds. The van der Waals surface area contributed by atoms with Crippen molar-refractivity contribution in [3.63, 3.8) is 0 Å². The van der Waals surface area contributed by atoms with Gasteiger partial charge in [0.2, 0.25) is 11.6 Å². The second-order valence-corrected chi connectivity index (χ2v) is 4.97. The number of hydrogen-bond acceptors (Lipinski definition) is 8. The van der Waals surface area contributed by atoms with E-state index < -0.39 is 42.3 Å². The Morgan fingerprint density at radius 1 is 1.00 bits per heavy atom. The van der Waals surface area contributed by atoms with E-state index in [1.54, 1.807) is 12.1 Å². The molecule has 3 atom stereocenters. The number of aryl methyl sites for hydroxylation is 1. The Balaban J connectivity index is 2.60. The van der Waals surface area contributed by atoms with Crippen LogP contribution in [0.5, 0.6) is 5.75 Å². The summed E-state index contributed by atoms with van der Waals surface area (Å²) in [5, 5.41) is 45.6. The number of aromatic hydroxyl groups is 1. The molecule has 1 aromatic rings. The van der Waals surface area contributed by atoms with Crippen LogP contribution < -0.4 is 0 Å². The van der Waals surface area contributed by atoms with Crippen molar-refractivity contribution in [3.05, 3.63) is 29.8 Å². The number of hydrogen-bond donors (Lipinski definition) is 5. The van der Waals surface area contributed by atoms with Crippen LogP contribution in [0.15, 0.2) is 24.3 Å². The van der Waals surface area contributed by atoms with Gasteiger partial charge in [-0.05, 0) is 24.1 Å². The minimum absolute atomic E-state index is 0.0471. The molecule has 0 aliphatic rings. The zero-order valence-electron chi connectivity index (χ0n) is 12.1. The fourth-order valence-electron chi connectivity index (χ4n) is 1.78. The molecule has 0 heterocycles. The standard InChI is InChI=1S/C15H18O8/c16-7-11(19)13(21)15(23)14(22)12(20)10(18)6-3-8-1-4-9(17)5-2-8/h1-2,4-5,11,13,15-17,19,21,23H,3,6-7H2/t11-,13-,15+/m1/s1. The Bertz CT molecular complexity index is 565. The highest BCUT2D eigenvalue weighted by molar-refractivity contribution is 6.64. The summed E-state index contributed by atoms with van der Waals surface area (Å²) in [5.74, 6) is -4.03. The second-order valence-electron chi connectivity index (χ2n) is 4.97. The summed E-state index contributed by atoms with van der Waals surface area (Å²) in [4.78, 5) is 34.9. The van der Waals surface area contributed by atoms with Crippen LogP contribution in [0, 0.1) is 0 Å². The maximum atomic E-state index is 11.7. The molecule has 1 rings (SSSR count). The monoisotopic (exact) mass is 326 g/mol. The van der Waals surface area contributed by atoms with Gasteiger partial charge >= 0.3 is 0 Å². The third kappa shape index (κ3) is 5.22. The molecule has 0 saturated carbocycles. The van der Waals surface area contributed by atoms with E-state index in [1.165, 1.54) is 12.1 Å². The SMILES string of the molecule is O=C(CCc1ccc(O)cc1)C(=O)C(=O)[C@@H](O)[C@H](O)[C@H](O)CO. The molecule has 8 nitrogen and oxygen atoms in total. The summed E-state index contributed by atoms with van der Waals surface area (Å²) in [6.45, 7) is -0.922. The van der Waals surface area contributed by atoms with Gasteiger partial charge in [0.05, 0.1) is 6.61 Å². The Labute approximate surface area is 131 Å². The lowest BCUT2D eigenvalue weighted by Gasteiger charge is -2.19. The number of rotatable bonds is 9. The van der Waals surface area contributed by atoms with Gasteiger partial charge in [0.1, 0.15) is 24.1 Å². The first-order chi connectivity index (χ1) is 10.8. The van der Waals surface area contributed by atoms with Crippen LogP contribution in [0.1, 0.15) is 12.0 Å². The van der Waals surface area contributed by atoms with Crippen LogP contribution in [0.25, 0.3) is 0 Å². The van der Waals surface area contributed by atoms with Crippen molar-refractivity contribution in [2.24, 2.45) is 0 Å². The average Bonchev–Trinajstić information content (AvgIpc) is 2.57. The zero-order chi connectivity index (χ0) is 17.6. The third-order valence-electron chi connectivity index (χ3n) is 3.23. The largest absolute Gasteiger partial charge is 0.508 e. The molecule has 0 aliphatic carbocycles. The molecule has 0 radical (unpaired) electrons. The molecule has 5 N–H and O–H groups in total. The lowest BCUT2D eigenvalue weighted by molar-refractivity contribution is -0.153. The first-order valence-electron chi connectivity index (χ1n) is 6.82. The summed E-state index contributed by atoms with van der Waals surface area (Å²) >= 11 is 0. The first-order valence-corrected chi connectivity index (χ1v) is 6.82. The van der Waals surface area contributed by atoms with E-state index in [2.05, 4.69) is 0 Å². The number of aliphatic hydroxyl groups excluding tert-OH is 4. The van der Waals surface area contributed by atoms with E-state index in [-0.39, 0.29) is 18.6 Å². The highest BCUT2D eigenvalue weighted by atomic mass is 16.4. The number of Topliss-reactive ketones (excluding diaryl/α,β-unsaturated/α-hetero) is 3. The van der Waals surface area contributed by atoms with E-state index in [9.17, 15) is 24.6 Å². The van der Waals surface area contributed by atoms with Crippen LogP contribution in [-0.2, 0) is 20.8 Å². The summed E-state index contributed by atoms with van der Waals surface area (Å²) in [6.07, 6.45) is -6.31. The maximum absolute atomic E-state index is 11.7. The molecule has 126 valence electrons. The van der Waals surface area contributed by atoms with Crippen LogP contribution in [-0.4, -0.2) is 67.8 Å². The summed E-state index contributed by atoms with van der Waals surface area (Å²) in [5.41, 5.74) is 0.660. The molecule has 0 unspecified atom stereocenters. The summed E-state index contributed by atoms with van der Waals surface area (Å²) in [6, 6.07) is 5.91. The molecule has 8 heteroatoms. The van der Waals surface area contributed by atoms with Gasteiger partial charge in [-0.15, -0.1) is 0 Å². The number of benzene rings is 1. The molecule has 0 bridgehead atoms. The van der Waals surface area contributed by atoms with Crippen molar-refractivity contribution in [1.29, 1.82) is 0 Å². The normalized spacial score (nSPS) is 14.8. The lowest BCUT2D eigenvalue weighted by Crippen LogP contribution is -2.47. The first kappa shape index (κ1) is 18.9. The highest BCUT2D eigenvalue weighted by Crippen LogP contribution is 2.11. The van der Waals surface area contributed by atoms with Crippen LogP contribution in [0.3, 0.4) is 0 Å².